The van der Waals surface area contributed by atoms with Crippen molar-refractivity contribution in [3.05, 3.63) is 0 Å². The molecule has 14 heavy (non-hydrogen) atoms. The molecule has 3 rings (SSSR count). The van der Waals surface area contributed by atoms with Crippen LogP contribution >= 0.6 is 0 Å². The molecule has 0 spiro atoms. The molecule has 0 amide bonds. The molecule has 3 fully saturated rings. The molecule has 2 saturated carbocycles. The molecule has 0 aromatic rings. The summed E-state index contributed by atoms with van der Waals surface area (Å²) < 4.78 is 5.35. The first-order valence-corrected chi connectivity index (χ1v) is 5.69. The molecule has 0 unspecified atom stereocenters. The number of fused-ring (bicyclic) bond motifs is 2. The zero-order valence-electron chi connectivity index (χ0n) is 8.45. The van der Waals surface area contributed by atoms with E-state index in [2.05, 4.69) is 4.90 Å². The quantitative estimate of drug-likeness (QED) is 0.616. The van der Waals surface area contributed by atoms with Crippen LogP contribution in [0.5, 0.6) is 0 Å². The predicted molar refractivity (Wildman–Crippen MR) is 52.0 cm³/mol. The topological polar surface area (TPSA) is 29.5 Å². The first-order valence-electron chi connectivity index (χ1n) is 5.69. The van der Waals surface area contributed by atoms with Gasteiger partial charge in [0.1, 0.15) is 5.78 Å². The van der Waals surface area contributed by atoms with Gasteiger partial charge in [0.25, 0.3) is 0 Å². The maximum atomic E-state index is 11.4. The van der Waals surface area contributed by atoms with Crippen LogP contribution in [0.1, 0.15) is 19.3 Å². The van der Waals surface area contributed by atoms with Crippen LogP contribution < -0.4 is 0 Å². The van der Waals surface area contributed by atoms with Crippen LogP contribution in [-0.4, -0.2) is 43.0 Å². The Kier molecular flexibility index (Phi) is 2.10. The summed E-state index contributed by atoms with van der Waals surface area (Å²) in [6, 6.07) is 0.696. The van der Waals surface area contributed by atoms with Gasteiger partial charge in [-0.1, -0.05) is 0 Å². The standard InChI is InChI=1S/C11H17NO2/c13-11-7-8-5-9(11)6-10(8)12-1-3-14-4-2-12/h8-10H,1-7H2/t8-,9-,10+/m0/s1. The monoisotopic (exact) mass is 195 g/mol. The highest BCUT2D eigenvalue weighted by Crippen LogP contribution is 2.44. The van der Waals surface area contributed by atoms with E-state index >= 15 is 0 Å². The van der Waals surface area contributed by atoms with Crippen molar-refractivity contribution in [2.24, 2.45) is 11.8 Å². The fourth-order valence-electron chi connectivity index (χ4n) is 3.37. The van der Waals surface area contributed by atoms with Gasteiger partial charge in [-0.05, 0) is 18.8 Å². The summed E-state index contributed by atoms with van der Waals surface area (Å²) in [6.45, 7) is 3.90. The summed E-state index contributed by atoms with van der Waals surface area (Å²) in [4.78, 5) is 14.0. The predicted octanol–water partition coefficient (Wildman–Crippen LogP) is 0.686. The molecule has 2 aliphatic carbocycles. The van der Waals surface area contributed by atoms with Crippen molar-refractivity contribution in [3.63, 3.8) is 0 Å². The molecule has 3 nitrogen and oxygen atoms in total. The lowest BCUT2D eigenvalue weighted by molar-refractivity contribution is -0.123. The lowest BCUT2D eigenvalue weighted by atomic mass is 9.93. The highest BCUT2D eigenvalue weighted by Gasteiger charge is 2.47. The third kappa shape index (κ3) is 1.30. The molecular weight excluding hydrogens is 178 g/mol. The van der Waals surface area contributed by atoms with Gasteiger partial charge in [0.05, 0.1) is 13.2 Å². The highest BCUT2D eigenvalue weighted by atomic mass is 16.5. The van der Waals surface area contributed by atoms with Gasteiger partial charge in [0, 0.05) is 31.5 Å². The molecule has 0 N–H and O–H groups in total. The smallest absolute Gasteiger partial charge is 0.136 e. The van der Waals surface area contributed by atoms with Gasteiger partial charge in [-0.3, -0.25) is 9.69 Å². The maximum Gasteiger partial charge on any atom is 0.136 e. The third-order valence-electron chi connectivity index (χ3n) is 4.09. The number of hydrogen-bond acceptors (Lipinski definition) is 3. The molecule has 1 heterocycles. The van der Waals surface area contributed by atoms with Gasteiger partial charge in [-0.15, -0.1) is 0 Å². The van der Waals surface area contributed by atoms with E-state index in [-0.39, 0.29) is 0 Å². The Labute approximate surface area is 84.4 Å². The number of carbonyl (C=O) groups excluding carboxylic acids is 1. The van der Waals surface area contributed by atoms with Gasteiger partial charge in [-0.2, -0.15) is 0 Å². The van der Waals surface area contributed by atoms with Crippen molar-refractivity contribution < 1.29 is 9.53 Å². The summed E-state index contributed by atoms with van der Waals surface area (Å²) in [7, 11) is 0. The lowest BCUT2D eigenvalue weighted by Gasteiger charge is -2.36. The van der Waals surface area contributed by atoms with Crippen molar-refractivity contribution in [2.45, 2.75) is 25.3 Å². The van der Waals surface area contributed by atoms with E-state index in [9.17, 15) is 4.79 Å². The molecule has 0 aromatic carbocycles. The normalized spacial score (nSPS) is 43.4. The van der Waals surface area contributed by atoms with Crippen LogP contribution in [0.4, 0.5) is 0 Å². The number of nitrogens with zero attached hydrogens (tertiary/aromatic N) is 1. The molecule has 1 aliphatic heterocycles. The van der Waals surface area contributed by atoms with Crippen molar-refractivity contribution in [2.75, 3.05) is 26.3 Å². The fourth-order valence-corrected chi connectivity index (χ4v) is 3.37. The Bertz CT molecular complexity index is 248. The summed E-state index contributed by atoms with van der Waals surface area (Å²) >= 11 is 0. The number of morpholine rings is 1. The SMILES string of the molecule is O=C1C[C@@H]2C[C@H]1C[C@H]2N1CCOCC1. The minimum atomic E-state index is 0.410. The highest BCUT2D eigenvalue weighted by molar-refractivity contribution is 5.84. The Morgan fingerprint density at radius 1 is 1.21 bits per heavy atom. The van der Waals surface area contributed by atoms with Gasteiger partial charge < -0.3 is 4.74 Å². The van der Waals surface area contributed by atoms with Gasteiger partial charge in [-0.25, -0.2) is 0 Å². The van der Waals surface area contributed by atoms with Crippen molar-refractivity contribution in [1.29, 1.82) is 0 Å². The van der Waals surface area contributed by atoms with Crippen LogP contribution in [0.25, 0.3) is 0 Å². The largest absolute Gasteiger partial charge is 0.379 e. The van der Waals surface area contributed by atoms with Crippen LogP contribution in [0, 0.1) is 11.8 Å². The number of Topliss-reactive ketones (excluding diaryl/α,β-unsaturated/α-hetero) is 1. The Morgan fingerprint density at radius 2 is 2.00 bits per heavy atom. The first-order chi connectivity index (χ1) is 6.84. The van der Waals surface area contributed by atoms with Crippen LogP contribution in [-0.2, 0) is 9.53 Å². The van der Waals surface area contributed by atoms with Crippen molar-refractivity contribution >= 4 is 5.78 Å². The molecule has 78 valence electrons. The van der Waals surface area contributed by atoms with Crippen molar-refractivity contribution in [1.82, 2.24) is 4.90 Å². The van der Waals surface area contributed by atoms with E-state index in [0.717, 1.165) is 39.1 Å². The van der Waals surface area contributed by atoms with E-state index < -0.39 is 0 Å². The number of hydrogen-bond donors (Lipinski definition) is 0. The second-order valence-electron chi connectivity index (χ2n) is 4.81. The number of rotatable bonds is 1. The van der Waals surface area contributed by atoms with Crippen LogP contribution in [0.15, 0.2) is 0 Å². The van der Waals surface area contributed by atoms with Gasteiger partial charge >= 0.3 is 0 Å². The zero-order valence-corrected chi connectivity index (χ0v) is 8.45. The molecule has 0 aromatic heterocycles. The van der Waals surface area contributed by atoms with Crippen LogP contribution in [0.2, 0.25) is 0 Å². The molecule has 0 radical (unpaired) electrons. The number of ketones is 1. The Balaban J connectivity index is 1.67. The van der Waals surface area contributed by atoms with E-state index in [0.29, 0.717) is 23.7 Å². The second kappa shape index (κ2) is 3.31. The third-order valence-corrected chi connectivity index (χ3v) is 4.09. The summed E-state index contributed by atoms with van der Waals surface area (Å²) in [5.41, 5.74) is 0. The molecule has 2 bridgehead atoms. The fraction of sp³-hybridized carbons (Fsp3) is 0.909. The van der Waals surface area contributed by atoms with E-state index in [1.54, 1.807) is 0 Å². The molecule has 3 heteroatoms. The van der Waals surface area contributed by atoms with Gasteiger partial charge in [0.15, 0.2) is 0 Å². The minimum absolute atomic E-state index is 0.410. The number of ether oxygens (including phenoxy) is 1. The minimum Gasteiger partial charge on any atom is -0.379 e. The molecule has 3 aliphatic rings. The van der Waals surface area contributed by atoms with E-state index in [1.807, 2.05) is 0 Å². The molecule has 1 saturated heterocycles. The average molecular weight is 195 g/mol. The molecule has 3 atom stereocenters. The number of carbonyl (C=O) groups is 1. The first kappa shape index (κ1) is 8.86. The maximum absolute atomic E-state index is 11.4. The van der Waals surface area contributed by atoms with E-state index in [1.165, 1.54) is 6.42 Å². The average Bonchev–Trinajstić information content (AvgIpc) is 2.77. The molecular formula is C11H17NO2. The summed E-state index contributed by atoms with van der Waals surface area (Å²) in [5.74, 6) is 1.61. The second-order valence-corrected chi connectivity index (χ2v) is 4.81. The zero-order chi connectivity index (χ0) is 9.54. The van der Waals surface area contributed by atoms with Crippen molar-refractivity contribution in [3.8, 4) is 0 Å². The Hall–Kier alpha value is -0.410. The summed E-state index contributed by atoms with van der Waals surface area (Å²) in [6.07, 6.45) is 3.15. The summed E-state index contributed by atoms with van der Waals surface area (Å²) in [5, 5.41) is 0. The van der Waals surface area contributed by atoms with Crippen LogP contribution in [0.3, 0.4) is 0 Å². The Morgan fingerprint density at radius 3 is 2.57 bits per heavy atom. The lowest BCUT2D eigenvalue weighted by Crippen LogP contribution is -2.46. The van der Waals surface area contributed by atoms with Gasteiger partial charge in [0.2, 0.25) is 0 Å². The van der Waals surface area contributed by atoms with E-state index in [4.69, 9.17) is 4.74 Å².